The number of nitrogens with zero attached hydrogens (tertiary/aromatic N) is 1. The lowest BCUT2D eigenvalue weighted by Gasteiger charge is -2.19. The van der Waals surface area contributed by atoms with Gasteiger partial charge < -0.3 is 10.1 Å². The summed E-state index contributed by atoms with van der Waals surface area (Å²) in [6.07, 6.45) is 3.86. The molecular formula is C18H24N2O. The first kappa shape index (κ1) is 15.5. The smallest absolute Gasteiger partial charge is 0.140 e. The van der Waals surface area contributed by atoms with Crippen LogP contribution in [0.2, 0.25) is 0 Å². The lowest BCUT2D eigenvalue weighted by molar-refractivity contribution is 0.404. The van der Waals surface area contributed by atoms with Crippen LogP contribution in [0.3, 0.4) is 0 Å². The summed E-state index contributed by atoms with van der Waals surface area (Å²) in [5.74, 6) is 1.27. The Morgan fingerprint density at radius 2 is 1.95 bits per heavy atom. The van der Waals surface area contributed by atoms with Gasteiger partial charge in [0, 0.05) is 25.1 Å². The standard InChI is InChI=1S/C18H24N2O/c1-3-11-19-14-16(15-8-5-4-6-9-15)13-17-18(21-2)10-7-12-20-17/h4-10,12,16,19H,3,11,13-14H2,1-2H3. The Bertz CT molecular complexity index is 528. The normalized spacial score (nSPS) is 12.1. The molecule has 1 aromatic carbocycles. The monoisotopic (exact) mass is 284 g/mol. The Labute approximate surface area is 127 Å². The lowest BCUT2D eigenvalue weighted by Crippen LogP contribution is -2.24. The fourth-order valence-corrected chi connectivity index (χ4v) is 2.48. The Hall–Kier alpha value is -1.87. The number of nitrogens with one attached hydrogen (secondary N) is 1. The molecule has 1 aromatic heterocycles. The van der Waals surface area contributed by atoms with Crippen molar-refractivity contribution in [3.8, 4) is 5.75 Å². The zero-order valence-corrected chi connectivity index (χ0v) is 12.9. The molecule has 1 heterocycles. The van der Waals surface area contributed by atoms with Crippen molar-refractivity contribution < 1.29 is 4.74 Å². The number of benzene rings is 1. The number of aromatic nitrogens is 1. The number of methoxy groups -OCH3 is 1. The third-order valence-corrected chi connectivity index (χ3v) is 3.60. The van der Waals surface area contributed by atoms with E-state index in [0.29, 0.717) is 5.92 Å². The third-order valence-electron chi connectivity index (χ3n) is 3.60. The molecule has 0 fully saturated rings. The van der Waals surface area contributed by atoms with Gasteiger partial charge in [0.15, 0.2) is 0 Å². The topological polar surface area (TPSA) is 34.2 Å². The number of rotatable bonds is 8. The molecule has 0 aliphatic heterocycles. The molecule has 0 saturated heterocycles. The quantitative estimate of drug-likeness (QED) is 0.754. The van der Waals surface area contributed by atoms with E-state index < -0.39 is 0 Å². The van der Waals surface area contributed by atoms with Crippen molar-refractivity contribution >= 4 is 0 Å². The summed E-state index contributed by atoms with van der Waals surface area (Å²) in [6.45, 7) is 4.19. The summed E-state index contributed by atoms with van der Waals surface area (Å²) in [5.41, 5.74) is 2.36. The van der Waals surface area contributed by atoms with E-state index >= 15 is 0 Å². The first-order chi connectivity index (χ1) is 10.3. The van der Waals surface area contributed by atoms with Gasteiger partial charge in [-0.25, -0.2) is 0 Å². The molecule has 0 aliphatic rings. The van der Waals surface area contributed by atoms with Crippen LogP contribution in [0.15, 0.2) is 48.7 Å². The molecule has 1 unspecified atom stereocenters. The first-order valence-electron chi connectivity index (χ1n) is 7.58. The van der Waals surface area contributed by atoms with E-state index in [4.69, 9.17) is 4.74 Å². The van der Waals surface area contributed by atoms with Gasteiger partial charge in [0.05, 0.1) is 12.8 Å². The number of ether oxygens (including phenoxy) is 1. The Kier molecular flexibility index (Phi) is 6.22. The largest absolute Gasteiger partial charge is 0.495 e. The summed E-state index contributed by atoms with van der Waals surface area (Å²) in [4.78, 5) is 4.49. The lowest BCUT2D eigenvalue weighted by atomic mass is 9.93. The average molecular weight is 284 g/mol. The van der Waals surface area contributed by atoms with E-state index in [1.165, 1.54) is 5.56 Å². The average Bonchev–Trinajstić information content (AvgIpc) is 2.55. The summed E-state index contributed by atoms with van der Waals surface area (Å²) in [5, 5.41) is 3.52. The molecule has 3 heteroatoms. The predicted molar refractivity (Wildman–Crippen MR) is 86.8 cm³/mol. The number of hydrogen-bond acceptors (Lipinski definition) is 3. The molecule has 0 radical (unpaired) electrons. The molecule has 1 atom stereocenters. The highest BCUT2D eigenvalue weighted by molar-refractivity contribution is 5.30. The first-order valence-corrected chi connectivity index (χ1v) is 7.58. The summed E-state index contributed by atoms with van der Waals surface area (Å²) in [7, 11) is 1.70. The minimum atomic E-state index is 0.404. The third kappa shape index (κ3) is 4.57. The molecule has 3 nitrogen and oxygen atoms in total. The zero-order valence-electron chi connectivity index (χ0n) is 12.9. The summed E-state index contributed by atoms with van der Waals surface area (Å²) >= 11 is 0. The molecule has 0 bridgehead atoms. The van der Waals surface area contributed by atoms with Crippen LogP contribution in [-0.4, -0.2) is 25.2 Å². The molecule has 0 amide bonds. The second kappa shape index (κ2) is 8.42. The van der Waals surface area contributed by atoms with Crippen molar-refractivity contribution in [3.63, 3.8) is 0 Å². The van der Waals surface area contributed by atoms with E-state index in [9.17, 15) is 0 Å². The van der Waals surface area contributed by atoms with Crippen LogP contribution in [0, 0.1) is 0 Å². The van der Waals surface area contributed by atoms with Crippen molar-refractivity contribution in [3.05, 3.63) is 59.9 Å². The molecule has 0 saturated carbocycles. The van der Waals surface area contributed by atoms with E-state index in [-0.39, 0.29) is 0 Å². The minimum Gasteiger partial charge on any atom is -0.495 e. The van der Waals surface area contributed by atoms with Gasteiger partial charge in [-0.15, -0.1) is 0 Å². The van der Waals surface area contributed by atoms with Gasteiger partial charge in [-0.3, -0.25) is 4.98 Å². The molecule has 21 heavy (non-hydrogen) atoms. The van der Waals surface area contributed by atoms with Crippen LogP contribution in [-0.2, 0) is 6.42 Å². The Balaban J connectivity index is 2.15. The fourth-order valence-electron chi connectivity index (χ4n) is 2.48. The van der Waals surface area contributed by atoms with Crippen LogP contribution in [0.5, 0.6) is 5.75 Å². The molecule has 0 spiro atoms. The van der Waals surface area contributed by atoms with Crippen LogP contribution in [0.4, 0.5) is 0 Å². The van der Waals surface area contributed by atoms with Crippen LogP contribution in [0.25, 0.3) is 0 Å². The van der Waals surface area contributed by atoms with Gasteiger partial charge in [-0.05, 0) is 30.7 Å². The van der Waals surface area contributed by atoms with Crippen molar-refractivity contribution in [1.29, 1.82) is 0 Å². The van der Waals surface area contributed by atoms with E-state index in [0.717, 1.165) is 37.4 Å². The number of pyridine rings is 1. The van der Waals surface area contributed by atoms with Gasteiger partial charge in [-0.2, -0.15) is 0 Å². The highest BCUT2D eigenvalue weighted by Gasteiger charge is 2.15. The van der Waals surface area contributed by atoms with E-state index in [1.54, 1.807) is 7.11 Å². The maximum absolute atomic E-state index is 5.42. The van der Waals surface area contributed by atoms with Crippen LogP contribution >= 0.6 is 0 Å². The van der Waals surface area contributed by atoms with E-state index in [1.807, 2.05) is 18.3 Å². The van der Waals surface area contributed by atoms with Crippen LogP contribution < -0.4 is 10.1 Å². The van der Waals surface area contributed by atoms with Gasteiger partial charge in [0.25, 0.3) is 0 Å². The van der Waals surface area contributed by atoms with E-state index in [2.05, 4.69) is 47.6 Å². The number of hydrogen-bond donors (Lipinski definition) is 1. The van der Waals surface area contributed by atoms with Crippen molar-refractivity contribution in [2.24, 2.45) is 0 Å². The highest BCUT2D eigenvalue weighted by atomic mass is 16.5. The van der Waals surface area contributed by atoms with Gasteiger partial charge in [-0.1, -0.05) is 37.3 Å². The van der Waals surface area contributed by atoms with Crippen LogP contribution in [0.1, 0.15) is 30.5 Å². The summed E-state index contributed by atoms with van der Waals surface area (Å²) < 4.78 is 5.42. The van der Waals surface area contributed by atoms with Gasteiger partial charge >= 0.3 is 0 Å². The molecule has 1 N–H and O–H groups in total. The molecule has 112 valence electrons. The maximum atomic E-state index is 5.42. The molecule has 2 aromatic rings. The molecular weight excluding hydrogens is 260 g/mol. The molecule has 2 rings (SSSR count). The predicted octanol–water partition coefficient (Wildman–Crippen LogP) is 3.42. The van der Waals surface area contributed by atoms with Crippen molar-refractivity contribution in [2.75, 3.05) is 20.2 Å². The van der Waals surface area contributed by atoms with Crippen molar-refractivity contribution in [2.45, 2.75) is 25.7 Å². The fraction of sp³-hybridized carbons (Fsp3) is 0.389. The summed E-state index contributed by atoms with van der Waals surface area (Å²) in [6, 6.07) is 14.5. The molecule has 0 aliphatic carbocycles. The van der Waals surface area contributed by atoms with Crippen molar-refractivity contribution in [1.82, 2.24) is 10.3 Å². The van der Waals surface area contributed by atoms with Gasteiger partial charge in [0.2, 0.25) is 0 Å². The highest BCUT2D eigenvalue weighted by Crippen LogP contribution is 2.24. The zero-order chi connectivity index (χ0) is 14.9. The Morgan fingerprint density at radius 1 is 1.14 bits per heavy atom. The maximum Gasteiger partial charge on any atom is 0.140 e. The second-order valence-electron chi connectivity index (χ2n) is 5.17. The van der Waals surface area contributed by atoms with Gasteiger partial charge in [0.1, 0.15) is 5.75 Å². The minimum absolute atomic E-state index is 0.404. The Morgan fingerprint density at radius 3 is 2.67 bits per heavy atom. The second-order valence-corrected chi connectivity index (χ2v) is 5.17. The SMILES string of the molecule is CCCNCC(Cc1ncccc1OC)c1ccccc1.